The van der Waals surface area contributed by atoms with Gasteiger partial charge >= 0.3 is 6.09 Å². The number of ether oxygens (including phenoxy) is 1. The summed E-state index contributed by atoms with van der Waals surface area (Å²) in [6.45, 7) is 10.2. The first-order chi connectivity index (χ1) is 14.6. The molecule has 2 rings (SSSR count). The zero-order chi connectivity index (χ0) is 22.9. The summed E-state index contributed by atoms with van der Waals surface area (Å²) in [6, 6.07) is 6.59. The summed E-state index contributed by atoms with van der Waals surface area (Å²) in [5.41, 5.74) is 0.0296. The fourth-order valence-corrected chi connectivity index (χ4v) is 3.22. The van der Waals surface area contributed by atoms with Gasteiger partial charge < -0.3 is 20.3 Å². The van der Waals surface area contributed by atoms with Gasteiger partial charge in [-0.2, -0.15) is 0 Å². The first kappa shape index (κ1) is 24.9. The molecule has 8 nitrogen and oxygen atoms in total. The summed E-state index contributed by atoms with van der Waals surface area (Å²) in [5.74, 6) is -0.318. The number of carbonyl (C=O) groups excluding carboxylic acids is 3. The summed E-state index contributed by atoms with van der Waals surface area (Å²) >= 11 is 5.80. The Balaban J connectivity index is 1.53. The van der Waals surface area contributed by atoms with Gasteiger partial charge in [-0.1, -0.05) is 11.6 Å². The standard InChI is InChI=1S/C22H33ClN4O4/c1-22(2,3)31-21(30)27-15-13-26(14-16-27)12-4-10-24-19(28)9-11-25-20(29)17-5-7-18(23)8-6-17/h5-8H,4,9-16H2,1-3H3,(H,24,28)(H,25,29). The molecule has 9 heteroatoms. The first-order valence-corrected chi connectivity index (χ1v) is 11.0. The smallest absolute Gasteiger partial charge is 0.410 e. The molecule has 31 heavy (non-hydrogen) atoms. The van der Waals surface area contributed by atoms with Gasteiger partial charge in [-0.15, -0.1) is 0 Å². The SMILES string of the molecule is CC(C)(C)OC(=O)N1CCN(CCCNC(=O)CCNC(=O)c2ccc(Cl)cc2)CC1. The Morgan fingerprint density at radius 2 is 1.65 bits per heavy atom. The first-order valence-electron chi connectivity index (χ1n) is 10.6. The van der Waals surface area contributed by atoms with Crippen molar-refractivity contribution in [2.24, 2.45) is 0 Å². The van der Waals surface area contributed by atoms with Crippen molar-refractivity contribution < 1.29 is 19.1 Å². The van der Waals surface area contributed by atoms with E-state index in [0.29, 0.717) is 30.2 Å². The highest BCUT2D eigenvalue weighted by molar-refractivity contribution is 6.30. The van der Waals surface area contributed by atoms with Crippen LogP contribution in [0.5, 0.6) is 0 Å². The Hall–Kier alpha value is -2.32. The third-order valence-corrected chi connectivity index (χ3v) is 4.99. The maximum Gasteiger partial charge on any atom is 0.410 e. The lowest BCUT2D eigenvalue weighted by Gasteiger charge is -2.35. The Morgan fingerprint density at radius 3 is 2.26 bits per heavy atom. The van der Waals surface area contributed by atoms with Crippen LogP contribution in [0, 0.1) is 0 Å². The molecule has 1 aliphatic heterocycles. The second-order valence-electron chi connectivity index (χ2n) is 8.53. The van der Waals surface area contributed by atoms with Crippen molar-refractivity contribution in [3.63, 3.8) is 0 Å². The molecule has 0 aliphatic carbocycles. The molecule has 1 saturated heterocycles. The zero-order valence-corrected chi connectivity index (χ0v) is 19.3. The summed E-state index contributed by atoms with van der Waals surface area (Å²) in [6.07, 6.45) is 0.797. The van der Waals surface area contributed by atoms with Gasteiger partial charge in [0.2, 0.25) is 5.91 Å². The molecular formula is C22H33ClN4O4. The normalized spacial score (nSPS) is 14.8. The van der Waals surface area contributed by atoms with Crippen LogP contribution in [0.15, 0.2) is 24.3 Å². The highest BCUT2D eigenvalue weighted by atomic mass is 35.5. The van der Waals surface area contributed by atoms with Gasteiger partial charge in [0.15, 0.2) is 0 Å². The monoisotopic (exact) mass is 452 g/mol. The molecule has 0 aromatic heterocycles. The lowest BCUT2D eigenvalue weighted by molar-refractivity contribution is -0.120. The fraction of sp³-hybridized carbons (Fsp3) is 0.591. The molecular weight excluding hydrogens is 420 g/mol. The van der Waals surface area contributed by atoms with Crippen LogP contribution in [-0.2, 0) is 9.53 Å². The van der Waals surface area contributed by atoms with Crippen molar-refractivity contribution >= 4 is 29.5 Å². The van der Waals surface area contributed by atoms with E-state index in [1.54, 1.807) is 29.2 Å². The third kappa shape index (κ3) is 9.57. The maximum absolute atomic E-state index is 12.1. The van der Waals surface area contributed by atoms with Crippen molar-refractivity contribution in [2.45, 2.75) is 39.2 Å². The van der Waals surface area contributed by atoms with Crippen molar-refractivity contribution in [1.82, 2.24) is 20.4 Å². The van der Waals surface area contributed by atoms with Gasteiger partial charge in [0.25, 0.3) is 5.91 Å². The second-order valence-corrected chi connectivity index (χ2v) is 8.96. The molecule has 0 spiro atoms. The summed E-state index contributed by atoms with van der Waals surface area (Å²) < 4.78 is 5.40. The Morgan fingerprint density at radius 1 is 1.00 bits per heavy atom. The molecule has 172 valence electrons. The van der Waals surface area contributed by atoms with E-state index in [0.717, 1.165) is 26.1 Å². The number of benzene rings is 1. The van der Waals surface area contributed by atoms with E-state index in [2.05, 4.69) is 15.5 Å². The molecule has 3 amide bonds. The van der Waals surface area contributed by atoms with Crippen LogP contribution >= 0.6 is 11.6 Å². The Kier molecular flexibility index (Phi) is 9.58. The number of hydrogen-bond donors (Lipinski definition) is 2. The van der Waals surface area contributed by atoms with E-state index in [1.807, 2.05) is 20.8 Å². The molecule has 0 bridgehead atoms. The second kappa shape index (κ2) is 11.9. The quantitative estimate of drug-likeness (QED) is 0.591. The van der Waals surface area contributed by atoms with Crippen LogP contribution < -0.4 is 10.6 Å². The van der Waals surface area contributed by atoms with Gasteiger partial charge in [-0.05, 0) is 58.0 Å². The highest BCUT2D eigenvalue weighted by Crippen LogP contribution is 2.12. The van der Waals surface area contributed by atoms with E-state index < -0.39 is 5.60 Å². The predicted octanol–water partition coefficient (Wildman–Crippen LogP) is 2.52. The minimum atomic E-state index is -0.481. The van der Waals surface area contributed by atoms with Gasteiger partial charge in [-0.25, -0.2) is 4.79 Å². The number of nitrogens with one attached hydrogen (secondary N) is 2. The number of hydrogen-bond acceptors (Lipinski definition) is 5. The van der Waals surface area contributed by atoms with E-state index >= 15 is 0 Å². The van der Waals surface area contributed by atoms with Crippen LogP contribution in [0.3, 0.4) is 0 Å². The maximum atomic E-state index is 12.1. The molecule has 1 aliphatic rings. The van der Waals surface area contributed by atoms with Crippen molar-refractivity contribution in [3.05, 3.63) is 34.9 Å². The number of carbonyl (C=O) groups is 3. The molecule has 0 saturated carbocycles. The minimum Gasteiger partial charge on any atom is -0.444 e. The number of rotatable bonds is 8. The van der Waals surface area contributed by atoms with Crippen LogP contribution in [0.2, 0.25) is 5.02 Å². The molecule has 1 fully saturated rings. The van der Waals surface area contributed by atoms with Crippen LogP contribution in [0.25, 0.3) is 0 Å². The van der Waals surface area contributed by atoms with E-state index in [-0.39, 0.29) is 30.9 Å². The third-order valence-electron chi connectivity index (χ3n) is 4.74. The minimum absolute atomic E-state index is 0.0915. The summed E-state index contributed by atoms with van der Waals surface area (Å²) in [5, 5.41) is 6.17. The lowest BCUT2D eigenvalue weighted by atomic mass is 10.2. The van der Waals surface area contributed by atoms with Gasteiger partial charge in [-0.3, -0.25) is 14.5 Å². The van der Waals surface area contributed by atoms with Gasteiger partial charge in [0.1, 0.15) is 5.60 Å². The van der Waals surface area contributed by atoms with Gasteiger partial charge in [0.05, 0.1) is 0 Å². The number of nitrogens with zero attached hydrogens (tertiary/aromatic N) is 2. The average molecular weight is 453 g/mol. The topological polar surface area (TPSA) is 91.0 Å². The Bertz CT molecular complexity index is 741. The van der Waals surface area contributed by atoms with Crippen molar-refractivity contribution in [1.29, 1.82) is 0 Å². The number of piperazine rings is 1. The van der Waals surface area contributed by atoms with E-state index in [1.165, 1.54) is 0 Å². The molecule has 0 radical (unpaired) electrons. The van der Waals surface area contributed by atoms with Gasteiger partial charge in [0, 0.05) is 56.3 Å². The van der Waals surface area contributed by atoms with Crippen molar-refractivity contribution in [3.8, 4) is 0 Å². The predicted molar refractivity (Wildman–Crippen MR) is 120 cm³/mol. The molecule has 1 aromatic rings. The fourth-order valence-electron chi connectivity index (χ4n) is 3.09. The average Bonchev–Trinajstić information content (AvgIpc) is 2.71. The lowest BCUT2D eigenvalue weighted by Crippen LogP contribution is -2.50. The van der Waals surface area contributed by atoms with Crippen molar-refractivity contribution in [2.75, 3.05) is 45.8 Å². The molecule has 2 N–H and O–H groups in total. The largest absolute Gasteiger partial charge is 0.444 e. The summed E-state index contributed by atoms with van der Waals surface area (Å²) in [7, 11) is 0. The van der Waals surface area contributed by atoms with Crippen LogP contribution in [0.4, 0.5) is 4.79 Å². The summed E-state index contributed by atoms with van der Waals surface area (Å²) in [4.78, 5) is 40.0. The van der Waals surface area contributed by atoms with E-state index in [4.69, 9.17) is 16.3 Å². The van der Waals surface area contributed by atoms with Crippen LogP contribution in [0.1, 0.15) is 44.0 Å². The number of halogens is 1. The molecule has 1 aromatic carbocycles. The zero-order valence-electron chi connectivity index (χ0n) is 18.6. The molecule has 1 heterocycles. The van der Waals surface area contributed by atoms with Crippen LogP contribution in [-0.4, -0.2) is 79.1 Å². The molecule has 0 atom stereocenters. The highest BCUT2D eigenvalue weighted by Gasteiger charge is 2.25. The molecule has 0 unspecified atom stereocenters. The van der Waals surface area contributed by atoms with E-state index in [9.17, 15) is 14.4 Å². The Labute approximate surface area is 189 Å². The number of amides is 3.